The molecule has 0 saturated heterocycles. The van der Waals surface area contributed by atoms with E-state index in [1.165, 1.54) is 5.56 Å². The highest BCUT2D eigenvalue weighted by Crippen LogP contribution is 2.10. The second-order valence-corrected chi connectivity index (χ2v) is 3.03. The van der Waals surface area contributed by atoms with Crippen LogP contribution < -0.4 is 5.32 Å². The molecular formula is C11H15NO. The van der Waals surface area contributed by atoms with Gasteiger partial charge >= 0.3 is 0 Å². The van der Waals surface area contributed by atoms with Crippen LogP contribution in [0.25, 0.3) is 0 Å². The molecule has 0 unspecified atom stereocenters. The number of nitrogens with one attached hydrogen (secondary N) is 1. The minimum atomic E-state index is 0.748. The smallest absolute Gasteiger partial charge is 0.150 e. The van der Waals surface area contributed by atoms with Gasteiger partial charge in [-0.05, 0) is 30.7 Å². The maximum atomic E-state index is 10.7. The van der Waals surface area contributed by atoms with Gasteiger partial charge < -0.3 is 5.32 Å². The summed E-state index contributed by atoms with van der Waals surface area (Å²) in [6.45, 7) is 2.83. The highest BCUT2D eigenvalue weighted by atomic mass is 16.1. The molecule has 0 atom stereocenters. The Morgan fingerprint density at radius 1 is 1.46 bits per heavy atom. The van der Waals surface area contributed by atoms with E-state index in [0.29, 0.717) is 0 Å². The Morgan fingerprint density at radius 3 is 2.77 bits per heavy atom. The number of aryl methyl sites for hydroxylation is 1. The first-order valence-corrected chi connectivity index (χ1v) is 4.53. The van der Waals surface area contributed by atoms with Crippen molar-refractivity contribution < 1.29 is 4.79 Å². The van der Waals surface area contributed by atoms with Gasteiger partial charge in [-0.3, -0.25) is 4.79 Å². The Kier molecular flexibility index (Phi) is 3.65. The fraction of sp³-hybridized carbons (Fsp3) is 0.364. The van der Waals surface area contributed by atoms with Gasteiger partial charge in [0.05, 0.1) is 0 Å². The second kappa shape index (κ2) is 4.77. The maximum absolute atomic E-state index is 10.7. The predicted octanol–water partition coefficient (Wildman–Crippen LogP) is 1.78. The van der Waals surface area contributed by atoms with Gasteiger partial charge in [0.15, 0.2) is 0 Å². The van der Waals surface area contributed by atoms with Gasteiger partial charge in [-0.1, -0.05) is 19.1 Å². The lowest BCUT2D eigenvalue weighted by atomic mass is 10.0. The minimum absolute atomic E-state index is 0.748. The molecule has 0 spiro atoms. The number of hydrogen-bond donors (Lipinski definition) is 1. The van der Waals surface area contributed by atoms with Crippen molar-refractivity contribution in [3.05, 3.63) is 34.9 Å². The number of carbonyl (C=O) groups excluding carboxylic acids is 1. The zero-order valence-electron chi connectivity index (χ0n) is 8.13. The summed E-state index contributed by atoms with van der Waals surface area (Å²) in [5.41, 5.74) is 3.07. The van der Waals surface area contributed by atoms with Gasteiger partial charge in [0.2, 0.25) is 0 Å². The molecule has 0 aliphatic rings. The SMILES string of the molecule is CCc1ccc(CNC)c(C=O)c1. The second-order valence-electron chi connectivity index (χ2n) is 3.03. The van der Waals surface area contributed by atoms with Crippen LogP contribution in [0.5, 0.6) is 0 Å². The molecule has 1 aromatic carbocycles. The van der Waals surface area contributed by atoms with Crippen LogP contribution in [0.3, 0.4) is 0 Å². The summed E-state index contributed by atoms with van der Waals surface area (Å²) in [6.07, 6.45) is 1.90. The first-order valence-electron chi connectivity index (χ1n) is 4.53. The summed E-state index contributed by atoms with van der Waals surface area (Å²) < 4.78 is 0. The van der Waals surface area contributed by atoms with Gasteiger partial charge in [0, 0.05) is 12.1 Å². The van der Waals surface area contributed by atoms with E-state index in [-0.39, 0.29) is 0 Å². The zero-order chi connectivity index (χ0) is 9.68. The Hall–Kier alpha value is -1.15. The van der Waals surface area contributed by atoms with Crippen LogP contribution in [0.1, 0.15) is 28.4 Å². The van der Waals surface area contributed by atoms with E-state index < -0.39 is 0 Å². The van der Waals surface area contributed by atoms with E-state index in [2.05, 4.69) is 18.3 Å². The van der Waals surface area contributed by atoms with Crippen LogP contribution >= 0.6 is 0 Å². The Morgan fingerprint density at radius 2 is 2.23 bits per heavy atom. The van der Waals surface area contributed by atoms with Crippen molar-refractivity contribution in [2.24, 2.45) is 0 Å². The predicted molar refractivity (Wildman–Crippen MR) is 54.0 cm³/mol. The van der Waals surface area contributed by atoms with Crippen molar-refractivity contribution in [1.82, 2.24) is 5.32 Å². The van der Waals surface area contributed by atoms with Gasteiger partial charge in [-0.25, -0.2) is 0 Å². The molecular weight excluding hydrogens is 162 g/mol. The largest absolute Gasteiger partial charge is 0.316 e. The topological polar surface area (TPSA) is 29.1 Å². The lowest BCUT2D eigenvalue weighted by Gasteiger charge is -2.05. The third-order valence-corrected chi connectivity index (χ3v) is 2.11. The number of aldehydes is 1. The van der Waals surface area contributed by atoms with Crippen molar-refractivity contribution in [3.63, 3.8) is 0 Å². The van der Waals surface area contributed by atoms with Crippen molar-refractivity contribution in [2.45, 2.75) is 19.9 Å². The third-order valence-electron chi connectivity index (χ3n) is 2.11. The molecule has 0 amide bonds. The van der Waals surface area contributed by atoms with Crippen molar-refractivity contribution >= 4 is 6.29 Å². The Bertz CT molecular complexity index is 294. The van der Waals surface area contributed by atoms with Crippen molar-refractivity contribution in [3.8, 4) is 0 Å². The van der Waals surface area contributed by atoms with Crippen LogP contribution in [-0.2, 0) is 13.0 Å². The van der Waals surface area contributed by atoms with Gasteiger partial charge in [-0.15, -0.1) is 0 Å². The van der Waals surface area contributed by atoms with E-state index >= 15 is 0 Å². The van der Waals surface area contributed by atoms with Crippen LogP contribution in [0.15, 0.2) is 18.2 Å². The maximum Gasteiger partial charge on any atom is 0.150 e. The molecule has 0 aliphatic heterocycles. The van der Waals surface area contributed by atoms with Gasteiger partial charge in [-0.2, -0.15) is 0 Å². The quantitative estimate of drug-likeness (QED) is 0.710. The third kappa shape index (κ3) is 2.39. The molecule has 0 bridgehead atoms. The van der Waals surface area contributed by atoms with Gasteiger partial charge in [0.25, 0.3) is 0 Å². The van der Waals surface area contributed by atoms with E-state index in [9.17, 15) is 4.79 Å². The Balaban J connectivity index is 3.00. The molecule has 0 aliphatic carbocycles. The van der Waals surface area contributed by atoms with Crippen LogP contribution in [0.4, 0.5) is 0 Å². The number of hydrogen-bond acceptors (Lipinski definition) is 2. The van der Waals surface area contributed by atoms with Crippen LogP contribution in [0, 0.1) is 0 Å². The lowest BCUT2D eigenvalue weighted by molar-refractivity contribution is 0.112. The highest BCUT2D eigenvalue weighted by Gasteiger charge is 2.00. The first-order chi connectivity index (χ1) is 6.31. The molecule has 2 heteroatoms. The molecule has 0 saturated carbocycles. The molecule has 1 aromatic rings. The summed E-state index contributed by atoms with van der Waals surface area (Å²) in [5, 5.41) is 3.04. The fourth-order valence-corrected chi connectivity index (χ4v) is 1.33. The minimum Gasteiger partial charge on any atom is -0.316 e. The van der Waals surface area contributed by atoms with E-state index in [0.717, 1.165) is 30.4 Å². The summed E-state index contributed by atoms with van der Waals surface area (Å²) in [7, 11) is 1.88. The van der Waals surface area contributed by atoms with E-state index in [1.54, 1.807) is 0 Å². The molecule has 13 heavy (non-hydrogen) atoms. The summed E-state index contributed by atoms with van der Waals surface area (Å²) in [4.78, 5) is 10.7. The summed E-state index contributed by atoms with van der Waals surface area (Å²) in [5.74, 6) is 0. The molecule has 2 nitrogen and oxygen atoms in total. The molecule has 0 radical (unpaired) electrons. The fourth-order valence-electron chi connectivity index (χ4n) is 1.33. The van der Waals surface area contributed by atoms with Gasteiger partial charge in [0.1, 0.15) is 6.29 Å². The van der Waals surface area contributed by atoms with Crippen molar-refractivity contribution in [2.75, 3.05) is 7.05 Å². The first kappa shape index (κ1) is 9.93. The Labute approximate surface area is 79.0 Å². The lowest BCUT2D eigenvalue weighted by Crippen LogP contribution is -2.07. The van der Waals surface area contributed by atoms with E-state index in [4.69, 9.17) is 0 Å². The summed E-state index contributed by atoms with van der Waals surface area (Å²) >= 11 is 0. The average Bonchev–Trinajstić information content (AvgIpc) is 2.19. The molecule has 1 N–H and O–H groups in total. The van der Waals surface area contributed by atoms with Crippen LogP contribution in [0.2, 0.25) is 0 Å². The number of rotatable bonds is 4. The zero-order valence-corrected chi connectivity index (χ0v) is 8.13. The number of benzene rings is 1. The molecule has 0 heterocycles. The van der Waals surface area contributed by atoms with Crippen LogP contribution in [-0.4, -0.2) is 13.3 Å². The monoisotopic (exact) mass is 177 g/mol. The van der Waals surface area contributed by atoms with E-state index in [1.807, 2.05) is 19.2 Å². The normalized spacial score (nSPS) is 10.0. The van der Waals surface area contributed by atoms with Crippen molar-refractivity contribution in [1.29, 1.82) is 0 Å². The average molecular weight is 177 g/mol. The standard InChI is InChI=1S/C11H15NO/c1-3-9-4-5-10(7-12-2)11(6-9)8-13/h4-6,8,12H,3,7H2,1-2H3. The molecule has 0 fully saturated rings. The summed E-state index contributed by atoms with van der Waals surface area (Å²) in [6, 6.07) is 6.04. The molecule has 70 valence electrons. The highest BCUT2D eigenvalue weighted by molar-refractivity contribution is 5.77. The molecule has 1 rings (SSSR count). The molecule has 0 aromatic heterocycles. The number of carbonyl (C=O) groups is 1.